The molecule has 1 saturated carbocycles. The highest BCUT2D eigenvalue weighted by Crippen LogP contribution is 2.49. The first-order valence-corrected chi connectivity index (χ1v) is 7.83. The molecule has 1 aromatic carbocycles. The maximum Gasteiger partial charge on any atom is 0.0409 e. The summed E-state index contributed by atoms with van der Waals surface area (Å²) in [7, 11) is 2.20. The lowest BCUT2D eigenvalue weighted by atomic mass is 9.84. The van der Waals surface area contributed by atoms with Gasteiger partial charge in [0.1, 0.15) is 0 Å². The van der Waals surface area contributed by atoms with Crippen molar-refractivity contribution in [1.82, 2.24) is 4.90 Å². The molecule has 2 N–H and O–H groups in total. The van der Waals surface area contributed by atoms with Gasteiger partial charge in [0, 0.05) is 23.7 Å². The summed E-state index contributed by atoms with van der Waals surface area (Å²) in [6.45, 7) is 8.67. The fourth-order valence-corrected chi connectivity index (χ4v) is 4.31. The van der Waals surface area contributed by atoms with Gasteiger partial charge in [-0.15, -0.1) is 0 Å². The molecule has 0 heterocycles. The Bertz CT molecular complexity index is 472. The summed E-state index contributed by atoms with van der Waals surface area (Å²) in [5.41, 5.74) is 7.93. The third-order valence-electron chi connectivity index (χ3n) is 4.98. The molecule has 0 amide bonds. The maximum atomic E-state index is 6.20. The van der Waals surface area contributed by atoms with Crippen molar-refractivity contribution in [3.8, 4) is 0 Å². The molecule has 1 aromatic rings. The molecule has 3 heteroatoms. The van der Waals surface area contributed by atoms with Crippen molar-refractivity contribution in [3.05, 3.63) is 34.9 Å². The molecule has 0 bridgehead atoms. The Morgan fingerprint density at radius 1 is 1.40 bits per heavy atom. The molecular weight excluding hydrogens is 268 g/mol. The van der Waals surface area contributed by atoms with E-state index in [2.05, 4.69) is 38.8 Å². The van der Waals surface area contributed by atoms with Crippen LogP contribution < -0.4 is 5.73 Å². The maximum absolute atomic E-state index is 6.20. The Morgan fingerprint density at radius 3 is 2.60 bits per heavy atom. The fourth-order valence-electron chi connectivity index (χ4n) is 4.10. The monoisotopic (exact) mass is 294 g/mol. The highest BCUT2D eigenvalue weighted by Gasteiger charge is 2.49. The van der Waals surface area contributed by atoms with Gasteiger partial charge in [0.05, 0.1) is 0 Å². The van der Waals surface area contributed by atoms with Crippen LogP contribution >= 0.6 is 11.6 Å². The Labute approximate surface area is 128 Å². The summed E-state index contributed by atoms with van der Waals surface area (Å²) in [6.07, 6.45) is 2.40. The minimum absolute atomic E-state index is 0.103. The Kier molecular flexibility index (Phi) is 4.48. The van der Waals surface area contributed by atoms with E-state index in [0.29, 0.717) is 17.9 Å². The SMILES string of the molecule is CC1CC(C)(C)CC1(CN)N(C)Cc1cccc(Cl)c1. The van der Waals surface area contributed by atoms with Gasteiger partial charge in [0.25, 0.3) is 0 Å². The third kappa shape index (κ3) is 3.03. The summed E-state index contributed by atoms with van der Waals surface area (Å²) < 4.78 is 0. The number of halogens is 1. The lowest BCUT2D eigenvalue weighted by Crippen LogP contribution is -2.54. The summed E-state index contributed by atoms with van der Waals surface area (Å²) >= 11 is 6.09. The molecule has 0 aliphatic heterocycles. The van der Waals surface area contributed by atoms with Crippen LogP contribution in [0.1, 0.15) is 39.2 Å². The van der Waals surface area contributed by atoms with Crippen LogP contribution in [0.5, 0.6) is 0 Å². The van der Waals surface area contributed by atoms with E-state index in [1.54, 1.807) is 0 Å². The van der Waals surface area contributed by atoms with E-state index in [-0.39, 0.29) is 5.54 Å². The summed E-state index contributed by atoms with van der Waals surface area (Å²) in [4.78, 5) is 2.44. The average molecular weight is 295 g/mol. The van der Waals surface area contributed by atoms with E-state index in [4.69, 9.17) is 17.3 Å². The molecule has 0 saturated heterocycles. The van der Waals surface area contributed by atoms with Gasteiger partial charge in [-0.2, -0.15) is 0 Å². The van der Waals surface area contributed by atoms with Crippen LogP contribution in [-0.2, 0) is 6.54 Å². The second kappa shape index (κ2) is 5.67. The summed E-state index contributed by atoms with van der Waals surface area (Å²) in [5.74, 6) is 0.617. The van der Waals surface area contributed by atoms with Gasteiger partial charge in [-0.1, -0.05) is 44.5 Å². The van der Waals surface area contributed by atoms with Gasteiger partial charge in [-0.05, 0) is 48.9 Å². The van der Waals surface area contributed by atoms with Gasteiger partial charge in [0.2, 0.25) is 0 Å². The summed E-state index contributed by atoms with van der Waals surface area (Å²) in [6, 6.07) is 8.12. The topological polar surface area (TPSA) is 29.3 Å². The number of nitrogens with two attached hydrogens (primary N) is 1. The normalized spacial score (nSPS) is 29.1. The van der Waals surface area contributed by atoms with Crippen LogP contribution in [0.15, 0.2) is 24.3 Å². The van der Waals surface area contributed by atoms with Crippen molar-refractivity contribution < 1.29 is 0 Å². The predicted molar refractivity (Wildman–Crippen MR) is 86.9 cm³/mol. The number of nitrogens with zero attached hydrogens (tertiary/aromatic N) is 1. The molecule has 0 spiro atoms. The van der Waals surface area contributed by atoms with Crippen LogP contribution in [-0.4, -0.2) is 24.0 Å². The van der Waals surface area contributed by atoms with Crippen LogP contribution in [0.2, 0.25) is 5.02 Å². The van der Waals surface area contributed by atoms with E-state index in [9.17, 15) is 0 Å². The molecule has 1 aliphatic carbocycles. The number of benzene rings is 1. The zero-order chi connectivity index (χ0) is 15.0. The third-order valence-corrected chi connectivity index (χ3v) is 5.22. The standard InChI is InChI=1S/C17H27ClN2/c1-13-9-16(2,3)11-17(13,12-19)20(4)10-14-6-5-7-15(18)8-14/h5-8,13H,9-12,19H2,1-4H3. The molecular formula is C17H27ClN2. The average Bonchev–Trinajstić information content (AvgIpc) is 2.59. The van der Waals surface area contributed by atoms with Crippen LogP contribution in [0.3, 0.4) is 0 Å². The van der Waals surface area contributed by atoms with Crippen molar-refractivity contribution in [3.63, 3.8) is 0 Å². The zero-order valence-electron chi connectivity index (χ0n) is 13.1. The van der Waals surface area contributed by atoms with E-state index in [1.807, 2.05) is 18.2 Å². The van der Waals surface area contributed by atoms with Gasteiger partial charge < -0.3 is 5.73 Å². The molecule has 0 radical (unpaired) electrons. The predicted octanol–water partition coefficient (Wildman–Crippen LogP) is 3.93. The molecule has 112 valence electrons. The molecule has 2 atom stereocenters. The number of rotatable bonds is 4. The molecule has 0 aromatic heterocycles. The molecule has 2 nitrogen and oxygen atoms in total. The van der Waals surface area contributed by atoms with Crippen molar-refractivity contribution >= 4 is 11.6 Å². The van der Waals surface area contributed by atoms with E-state index < -0.39 is 0 Å². The quantitative estimate of drug-likeness (QED) is 0.912. The Morgan fingerprint density at radius 2 is 2.10 bits per heavy atom. The van der Waals surface area contributed by atoms with Gasteiger partial charge >= 0.3 is 0 Å². The van der Waals surface area contributed by atoms with E-state index in [0.717, 1.165) is 18.0 Å². The molecule has 20 heavy (non-hydrogen) atoms. The fraction of sp³-hybridized carbons (Fsp3) is 0.647. The van der Waals surface area contributed by atoms with Crippen LogP contribution in [0.25, 0.3) is 0 Å². The Balaban J connectivity index is 2.20. The highest BCUT2D eigenvalue weighted by atomic mass is 35.5. The van der Waals surface area contributed by atoms with E-state index >= 15 is 0 Å². The number of hydrogen-bond donors (Lipinski definition) is 1. The molecule has 1 fully saturated rings. The van der Waals surface area contributed by atoms with Crippen molar-refractivity contribution in [2.24, 2.45) is 17.1 Å². The smallest absolute Gasteiger partial charge is 0.0409 e. The van der Waals surface area contributed by atoms with Crippen molar-refractivity contribution in [2.75, 3.05) is 13.6 Å². The van der Waals surface area contributed by atoms with Gasteiger partial charge in [-0.3, -0.25) is 4.90 Å². The summed E-state index contributed by atoms with van der Waals surface area (Å²) in [5, 5.41) is 0.803. The number of likely N-dealkylation sites (N-methyl/N-ethyl adjacent to an activating group) is 1. The van der Waals surface area contributed by atoms with Crippen molar-refractivity contribution in [1.29, 1.82) is 0 Å². The first-order chi connectivity index (χ1) is 9.29. The second-order valence-corrected chi connectivity index (χ2v) is 7.68. The lowest BCUT2D eigenvalue weighted by Gasteiger charge is -2.42. The lowest BCUT2D eigenvalue weighted by molar-refractivity contribution is 0.0786. The molecule has 2 rings (SSSR count). The zero-order valence-corrected chi connectivity index (χ0v) is 13.9. The van der Waals surface area contributed by atoms with Gasteiger partial charge in [0.15, 0.2) is 0 Å². The Hall–Kier alpha value is -0.570. The van der Waals surface area contributed by atoms with E-state index in [1.165, 1.54) is 12.0 Å². The van der Waals surface area contributed by atoms with Gasteiger partial charge in [-0.25, -0.2) is 0 Å². The van der Waals surface area contributed by atoms with Crippen molar-refractivity contribution in [2.45, 2.75) is 45.7 Å². The first kappa shape index (κ1) is 15.8. The second-order valence-electron chi connectivity index (χ2n) is 7.24. The minimum Gasteiger partial charge on any atom is -0.329 e. The molecule has 1 aliphatic rings. The minimum atomic E-state index is 0.103. The first-order valence-electron chi connectivity index (χ1n) is 7.45. The largest absolute Gasteiger partial charge is 0.329 e. The van der Waals surface area contributed by atoms with Crippen LogP contribution in [0.4, 0.5) is 0 Å². The highest BCUT2D eigenvalue weighted by molar-refractivity contribution is 6.30. The molecule has 2 unspecified atom stereocenters. The number of hydrogen-bond acceptors (Lipinski definition) is 2. The van der Waals surface area contributed by atoms with Crippen LogP contribution in [0, 0.1) is 11.3 Å².